The van der Waals surface area contributed by atoms with Crippen molar-refractivity contribution in [3.63, 3.8) is 0 Å². The van der Waals surface area contributed by atoms with Crippen molar-refractivity contribution in [2.45, 2.75) is 32.3 Å². The molecular formula is C17H26BrClN2O2. The van der Waals surface area contributed by atoms with Crippen molar-refractivity contribution < 1.29 is 9.53 Å². The van der Waals surface area contributed by atoms with Crippen LogP contribution in [0.2, 0.25) is 0 Å². The average Bonchev–Trinajstić information content (AvgIpc) is 2.52. The van der Waals surface area contributed by atoms with Gasteiger partial charge in [0.15, 0.2) is 6.10 Å². The van der Waals surface area contributed by atoms with Crippen LogP contribution in [0, 0.1) is 5.92 Å². The monoisotopic (exact) mass is 404 g/mol. The molecule has 6 heteroatoms. The highest BCUT2D eigenvalue weighted by molar-refractivity contribution is 9.10. The first-order valence-corrected chi connectivity index (χ1v) is 8.75. The van der Waals surface area contributed by atoms with Crippen LogP contribution < -0.4 is 10.1 Å². The molecule has 1 saturated heterocycles. The van der Waals surface area contributed by atoms with Gasteiger partial charge < -0.3 is 15.0 Å². The van der Waals surface area contributed by atoms with Crippen molar-refractivity contribution >= 4 is 34.2 Å². The Labute approximate surface area is 153 Å². The number of amides is 1. The predicted octanol–water partition coefficient (Wildman–Crippen LogP) is 3.49. The van der Waals surface area contributed by atoms with Gasteiger partial charge in [-0.15, -0.1) is 12.4 Å². The molecule has 2 rings (SSSR count). The third-order valence-electron chi connectivity index (χ3n) is 4.19. The Hall–Kier alpha value is -0.780. The van der Waals surface area contributed by atoms with Crippen molar-refractivity contribution in [3.05, 3.63) is 28.7 Å². The summed E-state index contributed by atoms with van der Waals surface area (Å²) in [6.07, 6.45) is 2.94. The van der Waals surface area contributed by atoms with Crippen LogP contribution in [0.3, 0.4) is 0 Å². The molecule has 1 aliphatic heterocycles. The maximum absolute atomic E-state index is 12.5. The van der Waals surface area contributed by atoms with Gasteiger partial charge in [0, 0.05) is 17.6 Å². The fourth-order valence-electron chi connectivity index (χ4n) is 2.84. The minimum Gasteiger partial charge on any atom is -0.481 e. The summed E-state index contributed by atoms with van der Waals surface area (Å²) in [6.45, 7) is 4.58. The molecule has 4 nitrogen and oxygen atoms in total. The fraction of sp³-hybridized carbons (Fsp3) is 0.588. The number of benzene rings is 1. The number of carbonyl (C=O) groups is 1. The minimum atomic E-state index is -0.442. The maximum atomic E-state index is 12.5. The van der Waals surface area contributed by atoms with Gasteiger partial charge in [-0.3, -0.25) is 4.79 Å². The van der Waals surface area contributed by atoms with Crippen LogP contribution in [0.15, 0.2) is 28.7 Å². The lowest BCUT2D eigenvalue weighted by Crippen LogP contribution is -2.45. The average molecular weight is 406 g/mol. The van der Waals surface area contributed by atoms with Crippen LogP contribution in [0.5, 0.6) is 5.75 Å². The molecule has 1 atom stereocenters. The van der Waals surface area contributed by atoms with E-state index in [9.17, 15) is 4.79 Å². The van der Waals surface area contributed by atoms with Gasteiger partial charge in [-0.1, -0.05) is 22.0 Å². The standard InChI is InChI=1S/C17H25BrN2O2.ClH/c1-13(22-16-5-3-4-15(18)12-16)17(21)20-10-7-14(8-11-20)6-9-19-2;/h3-5,12-14,19H,6-11H2,1-2H3;1H. The smallest absolute Gasteiger partial charge is 0.263 e. The Balaban J connectivity index is 0.00000264. The first-order valence-electron chi connectivity index (χ1n) is 7.95. The number of nitrogens with zero attached hydrogens (tertiary/aromatic N) is 1. The number of carbonyl (C=O) groups excluding carboxylic acids is 1. The summed E-state index contributed by atoms with van der Waals surface area (Å²) in [6, 6.07) is 7.60. The van der Waals surface area contributed by atoms with Crippen LogP contribution in [0.25, 0.3) is 0 Å². The van der Waals surface area contributed by atoms with Gasteiger partial charge >= 0.3 is 0 Å². The molecule has 130 valence electrons. The highest BCUT2D eigenvalue weighted by Crippen LogP contribution is 2.22. The van der Waals surface area contributed by atoms with Gasteiger partial charge in [-0.05, 0) is 63.9 Å². The van der Waals surface area contributed by atoms with Crippen molar-refractivity contribution in [1.82, 2.24) is 10.2 Å². The molecule has 1 aliphatic rings. The largest absolute Gasteiger partial charge is 0.481 e. The molecular weight excluding hydrogens is 380 g/mol. The second-order valence-corrected chi connectivity index (χ2v) is 6.79. The molecule has 1 fully saturated rings. The topological polar surface area (TPSA) is 41.6 Å². The summed E-state index contributed by atoms with van der Waals surface area (Å²) in [5.41, 5.74) is 0. The van der Waals surface area contributed by atoms with Gasteiger partial charge in [0.05, 0.1) is 0 Å². The van der Waals surface area contributed by atoms with E-state index in [0.29, 0.717) is 0 Å². The number of ether oxygens (including phenoxy) is 1. The molecule has 0 aliphatic carbocycles. The predicted molar refractivity (Wildman–Crippen MR) is 99.3 cm³/mol. The van der Waals surface area contributed by atoms with E-state index >= 15 is 0 Å². The molecule has 1 amide bonds. The zero-order valence-electron chi connectivity index (χ0n) is 13.8. The molecule has 23 heavy (non-hydrogen) atoms. The van der Waals surface area contributed by atoms with Gasteiger partial charge in [-0.25, -0.2) is 0 Å². The summed E-state index contributed by atoms with van der Waals surface area (Å²) in [4.78, 5) is 14.4. The van der Waals surface area contributed by atoms with E-state index in [-0.39, 0.29) is 18.3 Å². The summed E-state index contributed by atoms with van der Waals surface area (Å²) in [5, 5.41) is 3.19. The second kappa shape index (κ2) is 10.2. The molecule has 0 spiro atoms. The van der Waals surface area contributed by atoms with Crippen LogP contribution in [0.1, 0.15) is 26.2 Å². The van der Waals surface area contributed by atoms with Gasteiger partial charge in [-0.2, -0.15) is 0 Å². The SMILES string of the molecule is CNCCC1CCN(C(=O)C(C)Oc2cccc(Br)c2)CC1.Cl. The van der Waals surface area contributed by atoms with E-state index in [1.165, 1.54) is 6.42 Å². The Morgan fingerprint density at radius 1 is 1.43 bits per heavy atom. The lowest BCUT2D eigenvalue weighted by Gasteiger charge is -2.33. The number of likely N-dealkylation sites (tertiary alicyclic amines) is 1. The number of hydrogen-bond acceptors (Lipinski definition) is 3. The Kier molecular flexibility index (Phi) is 8.95. The van der Waals surface area contributed by atoms with Gasteiger partial charge in [0.1, 0.15) is 5.75 Å². The molecule has 0 radical (unpaired) electrons. The zero-order chi connectivity index (χ0) is 15.9. The number of piperidine rings is 1. The van der Waals surface area contributed by atoms with Crippen LogP contribution >= 0.6 is 28.3 Å². The van der Waals surface area contributed by atoms with Crippen molar-refractivity contribution in [2.75, 3.05) is 26.7 Å². The van der Waals surface area contributed by atoms with E-state index in [1.807, 2.05) is 43.1 Å². The molecule has 1 aromatic carbocycles. The Morgan fingerprint density at radius 2 is 2.13 bits per heavy atom. The molecule has 1 unspecified atom stereocenters. The van der Waals surface area contributed by atoms with Crippen molar-refractivity contribution in [1.29, 1.82) is 0 Å². The Bertz CT molecular complexity index is 493. The number of hydrogen-bond donors (Lipinski definition) is 1. The van der Waals surface area contributed by atoms with Crippen LogP contribution in [-0.4, -0.2) is 43.6 Å². The van der Waals surface area contributed by atoms with E-state index in [0.717, 1.165) is 48.6 Å². The number of nitrogens with one attached hydrogen (secondary N) is 1. The molecule has 1 N–H and O–H groups in total. The number of halogens is 2. The third kappa shape index (κ3) is 6.32. The Morgan fingerprint density at radius 3 is 2.74 bits per heavy atom. The third-order valence-corrected chi connectivity index (χ3v) is 4.68. The van der Waals surface area contributed by atoms with Crippen molar-refractivity contribution in [3.8, 4) is 5.75 Å². The summed E-state index contributed by atoms with van der Waals surface area (Å²) in [7, 11) is 1.99. The summed E-state index contributed by atoms with van der Waals surface area (Å²) >= 11 is 3.41. The van der Waals surface area contributed by atoms with E-state index in [4.69, 9.17) is 4.74 Å². The van der Waals surface area contributed by atoms with E-state index in [1.54, 1.807) is 0 Å². The molecule has 0 aromatic heterocycles. The normalized spacial score (nSPS) is 16.6. The second-order valence-electron chi connectivity index (χ2n) is 5.88. The number of rotatable bonds is 6. The maximum Gasteiger partial charge on any atom is 0.263 e. The zero-order valence-corrected chi connectivity index (χ0v) is 16.2. The fourth-order valence-corrected chi connectivity index (χ4v) is 3.22. The van der Waals surface area contributed by atoms with Crippen LogP contribution in [0.4, 0.5) is 0 Å². The molecule has 0 saturated carbocycles. The molecule has 1 aromatic rings. The highest BCUT2D eigenvalue weighted by Gasteiger charge is 2.26. The van der Waals surface area contributed by atoms with Crippen LogP contribution in [-0.2, 0) is 4.79 Å². The molecule has 0 bridgehead atoms. The lowest BCUT2D eigenvalue weighted by molar-refractivity contribution is -0.139. The molecule has 1 heterocycles. The summed E-state index contributed by atoms with van der Waals surface area (Å²) in [5.74, 6) is 1.55. The first-order chi connectivity index (χ1) is 10.6. The first kappa shape index (κ1) is 20.3. The van der Waals surface area contributed by atoms with E-state index in [2.05, 4.69) is 21.2 Å². The van der Waals surface area contributed by atoms with Gasteiger partial charge in [0.2, 0.25) is 0 Å². The highest BCUT2D eigenvalue weighted by atomic mass is 79.9. The summed E-state index contributed by atoms with van der Waals surface area (Å²) < 4.78 is 6.72. The van der Waals surface area contributed by atoms with Crippen molar-refractivity contribution in [2.24, 2.45) is 5.92 Å². The van der Waals surface area contributed by atoms with Gasteiger partial charge in [0.25, 0.3) is 5.91 Å². The van der Waals surface area contributed by atoms with E-state index < -0.39 is 6.10 Å². The quantitative estimate of drug-likeness (QED) is 0.788. The lowest BCUT2D eigenvalue weighted by atomic mass is 9.93. The minimum absolute atomic E-state index is 0.